The monoisotopic (exact) mass is 290 g/mol. The van der Waals surface area contributed by atoms with Gasteiger partial charge in [0.05, 0.1) is 10.5 Å². The fourth-order valence-electron chi connectivity index (χ4n) is 2.45. The Labute approximate surface area is 125 Å². The van der Waals surface area contributed by atoms with Gasteiger partial charge in [-0.05, 0) is 44.2 Å². The van der Waals surface area contributed by atoms with Crippen molar-refractivity contribution in [3.05, 3.63) is 33.9 Å². The van der Waals surface area contributed by atoms with Gasteiger partial charge in [0.15, 0.2) is 5.78 Å². The van der Waals surface area contributed by atoms with Crippen LogP contribution >= 0.6 is 0 Å². The van der Waals surface area contributed by atoms with Crippen LogP contribution in [0.2, 0.25) is 0 Å². The number of nitro benzene ring substituents is 1. The largest absolute Gasteiger partial charge is 0.369 e. The summed E-state index contributed by atoms with van der Waals surface area (Å²) in [5.74, 6) is 0.347. The van der Waals surface area contributed by atoms with E-state index in [-0.39, 0.29) is 17.0 Å². The van der Waals surface area contributed by atoms with Crippen LogP contribution in [0.25, 0.3) is 0 Å². The minimum absolute atomic E-state index is 0.106. The molecule has 0 heterocycles. The van der Waals surface area contributed by atoms with Gasteiger partial charge in [-0.1, -0.05) is 13.8 Å². The molecule has 5 heteroatoms. The number of ketones is 1. The fraction of sp³-hybridized carbons (Fsp3) is 0.562. The lowest BCUT2D eigenvalue weighted by Gasteiger charge is -2.26. The molecule has 0 aromatic heterocycles. The number of rotatable bonds is 7. The van der Waals surface area contributed by atoms with Gasteiger partial charge in [0.25, 0.3) is 5.69 Å². The highest BCUT2D eigenvalue weighted by atomic mass is 16.6. The molecule has 1 aromatic carbocycles. The molecular weight excluding hydrogens is 268 g/mol. The highest BCUT2D eigenvalue weighted by molar-refractivity contribution is 5.99. The Kier molecular flexibility index (Phi) is 4.60. The number of carbonyl (C=O) groups is 1. The Morgan fingerprint density at radius 2 is 2.10 bits per heavy atom. The third kappa shape index (κ3) is 3.80. The average molecular weight is 290 g/mol. The second-order valence-electron chi connectivity index (χ2n) is 6.12. The van der Waals surface area contributed by atoms with E-state index in [1.807, 2.05) is 0 Å². The SMILES string of the molecule is CC(=O)c1cc(N(CCC(C)C)C2CC2)ccc1[N+](=O)[O-]. The molecule has 5 nitrogen and oxygen atoms in total. The molecule has 0 bridgehead atoms. The lowest BCUT2D eigenvalue weighted by Crippen LogP contribution is -2.28. The smallest absolute Gasteiger partial charge is 0.280 e. The Bertz CT molecular complexity index is 550. The van der Waals surface area contributed by atoms with Crippen LogP contribution < -0.4 is 4.90 Å². The molecule has 1 aliphatic rings. The molecule has 0 saturated heterocycles. The highest BCUT2D eigenvalue weighted by Crippen LogP contribution is 2.34. The predicted octanol–water partition coefficient (Wildman–Crippen LogP) is 3.81. The summed E-state index contributed by atoms with van der Waals surface area (Å²) in [6.45, 7) is 6.67. The molecule has 0 N–H and O–H groups in total. The predicted molar refractivity (Wildman–Crippen MR) is 82.9 cm³/mol. The van der Waals surface area contributed by atoms with Crippen molar-refractivity contribution >= 4 is 17.2 Å². The van der Waals surface area contributed by atoms with E-state index in [4.69, 9.17) is 0 Å². The van der Waals surface area contributed by atoms with E-state index in [9.17, 15) is 14.9 Å². The van der Waals surface area contributed by atoms with Gasteiger partial charge < -0.3 is 4.90 Å². The van der Waals surface area contributed by atoms with Gasteiger partial charge in [0, 0.05) is 24.3 Å². The molecule has 0 aliphatic heterocycles. The van der Waals surface area contributed by atoms with Crippen molar-refractivity contribution in [1.29, 1.82) is 0 Å². The van der Waals surface area contributed by atoms with Crippen molar-refractivity contribution in [2.75, 3.05) is 11.4 Å². The normalized spacial score (nSPS) is 14.3. The Balaban J connectivity index is 2.30. The fourth-order valence-corrected chi connectivity index (χ4v) is 2.45. The topological polar surface area (TPSA) is 63.5 Å². The average Bonchev–Trinajstić information content (AvgIpc) is 3.22. The lowest BCUT2D eigenvalue weighted by molar-refractivity contribution is -0.385. The maximum atomic E-state index is 11.7. The Morgan fingerprint density at radius 1 is 1.43 bits per heavy atom. The Morgan fingerprint density at radius 3 is 2.57 bits per heavy atom. The Hall–Kier alpha value is -1.91. The molecule has 0 spiro atoms. The molecule has 1 aromatic rings. The van der Waals surface area contributed by atoms with Crippen LogP contribution in [0.1, 0.15) is 50.4 Å². The highest BCUT2D eigenvalue weighted by Gasteiger charge is 2.30. The summed E-state index contributed by atoms with van der Waals surface area (Å²) < 4.78 is 0. The summed E-state index contributed by atoms with van der Waals surface area (Å²) in [4.78, 5) is 24.5. The van der Waals surface area contributed by atoms with Crippen LogP contribution in [0.5, 0.6) is 0 Å². The molecule has 0 radical (unpaired) electrons. The summed E-state index contributed by atoms with van der Waals surface area (Å²) in [5.41, 5.74) is 1.02. The van der Waals surface area contributed by atoms with E-state index in [2.05, 4.69) is 18.7 Å². The van der Waals surface area contributed by atoms with Crippen LogP contribution in [-0.2, 0) is 0 Å². The number of hydrogen-bond acceptors (Lipinski definition) is 4. The summed E-state index contributed by atoms with van der Waals surface area (Å²) in [6, 6.07) is 5.42. The second kappa shape index (κ2) is 6.24. The summed E-state index contributed by atoms with van der Waals surface area (Å²) in [6.07, 6.45) is 3.39. The third-order valence-corrected chi connectivity index (χ3v) is 3.82. The van der Waals surface area contributed by atoms with Gasteiger partial charge in [0.2, 0.25) is 0 Å². The number of nitrogens with zero attached hydrogens (tertiary/aromatic N) is 2. The van der Waals surface area contributed by atoms with E-state index in [0.717, 1.165) is 31.5 Å². The van der Waals surface area contributed by atoms with Gasteiger partial charge in [-0.15, -0.1) is 0 Å². The maximum absolute atomic E-state index is 11.7. The molecule has 2 rings (SSSR count). The number of hydrogen-bond donors (Lipinski definition) is 0. The summed E-state index contributed by atoms with van der Waals surface area (Å²) in [7, 11) is 0. The number of carbonyl (C=O) groups excluding carboxylic acids is 1. The molecule has 0 amide bonds. The molecule has 21 heavy (non-hydrogen) atoms. The van der Waals surface area contributed by atoms with Crippen LogP contribution in [0.15, 0.2) is 18.2 Å². The van der Waals surface area contributed by atoms with Crippen molar-refractivity contribution in [2.24, 2.45) is 5.92 Å². The lowest BCUT2D eigenvalue weighted by atomic mass is 10.1. The van der Waals surface area contributed by atoms with Crippen molar-refractivity contribution in [3.63, 3.8) is 0 Å². The van der Waals surface area contributed by atoms with E-state index in [1.54, 1.807) is 12.1 Å². The number of Topliss-reactive ketones (excluding diaryl/α,β-unsaturated/α-hetero) is 1. The van der Waals surface area contributed by atoms with E-state index in [1.165, 1.54) is 13.0 Å². The zero-order chi connectivity index (χ0) is 15.6. The minimum atomic E-state index is -0.490. The summed E-state index contributed by atoms with van der Waals surface area (Å²) >= 11 is 0. The maximum Gasteiger partial charge on any atom is 0.280 e. The number of anilines is 1. The van der Waals surface area contributed by atoms with Crippen LogP contribution in [0, 0.1) is 16.0 Å². The van der Waals surface area contributed by atoms with E-state index < -0.39 is 4.92 Å². The second-order valence-corrected chi connectivity index (χ2v) is 6.12. The summed E-state index contributed by atoms with van der Waals surface area (Å²) in [5, 5.41) is 11.0. The third-order valence-electron chi connectivity index (χ3n) is 3.82. The van der Waals surface area contributed by atoms with Crippen LogP contribution in [-0.4, -0.2) is 23.3 Å². The molecule has 1 saturated carbocycles. The first-order chi connectivity index (χ1) is 9.90. The van der Waals surface area contributed by atoms with Gasteiger partial charge >= 0.3 is 0 Å². The zero-order valence-corrected chi connectivity index (χ0v) is 12.8. The minimum Gasteiger partial charge on any atom is -0.369 e. The molecule has 1 aliphatic carbocycles. The number of nitro groups is 1. The molecule has 0 atom stereocenters. The standard InChI is InChI=1S/C16H22N2O3/c1-11(2)8-9-17(13-4-5-13)14-6-7-16(18(20)21)15(10-14)12(3)19/h6-7,10-11,13H,4-5,8-9H2,1-3H3. The number of benzene rings is 1. The van der Waals surface area contributed by atoms with Crippen molar-refractivity contribution in [3.8, 4) is 0 Å². The zero-order valence-electron chi connectivity index (χ0n) is 12.8. The van der Waals surface area contributed by atoms with Crippen LogP contribution in [0.4, 0.5) is 11.4 Å². The van der Waals surface area contributed by atoms with E-state index >= 15 is 0 Å². The van der Waals surface area contributed by atoms with Crippen molar-refractivity contribution in [2.45, 2.75) is 46.1 Å². The van der Waals surface area contributed by atoms with Gasteiger partial charge in [0.1, 0.15) is 0 Å². The molecule has 0 unspecified atom stereocenters. The molecular formula is C16H22N2O3. The first kappa shape index (κ1) is 15.5. The van der Waals surface area contributed by atoms with E-state index in [0.29, 0.717) is 12.0 Å². The van der Waals surface area contributed by atoms with Crippen molar-refractivity contribution in [1.82, 2.24) is 0 Å². The molecule has 1 fully saturated rings. The first-order valence-corrected chi connectivity index (χ1v) is 7.46. The first-order valence-electron chi connectivity index (χ1n) is 7.46. The quantitative estimate of drug-likeness (QED) is 0.435. The van der Waals surface area contributed by atoms with Gasteiger partial charge in [-0.3, -0.25) is 14.9 Å². The van der Waals surface area contributed by atoms with Crippen molar-refractivity contribution < 1.29 is 9.72 Å². The molecule has 114 valence electrons. The van der Waals surface area contributed by atoms with Crippen LogP contribution in [0.3, 0.4) is 0 Å². The van der Waals surface area contributed by atoms with Gasteiger partial charge in [-0.25, -0.2) is 0 Å². The van der Waals surface area contributed by atoms with Gasteiger partial charge in [-0.2, -0.15) is 0 Å².